The maximum Gasteiger partial charge on any atom is 0.0812 e. The molecule has 4 rings (SSSR count). The third-order valence-corrected chi connectivity index (χ3v) is 5.66. The number of hydrogen-bond donors (Lipinski definition) is 0. The van der Waals surface area contributed by atoms with Crippen LogP contribution < -0.4 is 10.6 Å². The fraction of sp³-hybridized carbons (Fsp3) is 0. The highest BCUT2D eigenvalue weighted by molar-refractivity contribution is 9.10. The predicted octanol–water partition coefficient (Wildman–Crippen LogP) is 5.37. The summed E-state index contributed by atoms with van der Waals surface area (Å²) in [7, 11) is 0.777. The predicted molar refractivity (Wildman–Crippen MR) is 108 cm³/mol. The molecule has 1 aromatic heterocycles. The van der Waals surface area contributed by atoms with E-state index < -0.39 is 0 Å². The molecular formula is C19H15BrNPS. The lowest BCUT2D eigenvalue weighted by Crippen LogP contribution is -2.01. The second-order valence-corrected chi connectivity index (χ2v) is 8.03. The van der Waals surface area contributed by atoms with Crippen LogP contribution in [0.4, 0.5) is 0 Å². The van der Waals surface area contributed by atoms with E-state index >= 15 is 0 Å². The van der Waals surface area contributed by atoms with E-state index in [0.29, 0.717) is 0 Å². The molecule has 0 saturated heterocycles. The topological polar surface area (TPSA) is 12.9 Å². The van der Waals surface area contributed by atoms with Crippen molar-refractivity contribution in [2.75, 3.05) is 0 Å². The average Bonchev–Trinajstić information content (AvgIpc) is 3.05. The van der Waals surface area contributed by atoms with Crippen LogP contribution in [0.25, 0.3) is 10.2 Å². The van der Waals surface area contributed by atoms with Gasteiger partial charge in [0.2, 0.25) is 0 Å². The summed E-state index contributed by atoms with van der Waals surface area (Å²) in [6, 6.07) is 27.2. The Labute approximate surface area is 150 Å². The first-order valence-corrected chi connectivity index (χ1v) is 9.84. The number of fused-ring (bicyclic) bond motifs is 1. The van der Waals surface area contributed by atoms with Crippen molar-refractivity contribution < 1.29 is 0 Å². The minimum absolute atomic E-state index is 0.777. The van der Waals surface area contributed by atoms with Crippen molar-refractivity contribution in [1.82, 2.24) is 4.98 Å². The van der Waals surface area contributed by atoms with Crippen LogP contribution in [0.5, 0.6) is 0 Å². The van der Waals surface area contributed by atoms with E-state index in [4.69, 9.17) is 0 Å². The van der Waals surface area contributed by atoms with Crippen LogP contribution in [0.2, 0.25) is 0 Å². The summed E-state index contributed by atoms with van der Waals surface area (Å²) in [5.74, 6) is 0. The number of halogens is 1. The van der Waals surface area contributed by atoms with Gasteiger partial charge in [-0.05, 0) is 28.8 Å². The van der Waals surface area contributed by atoms with E-state index in [2.05, 4.69) is 87.6 Å². The molecule has 0 aliphatic carbocycles. The summed E-state index contributed by atoms with van der Waals surface area (Å²) in [4.78, 5) is 4.16. The molecule has 0 atom stereocenters. The van der Waals surface area contributed by atoms with Gasteiger partial charge in [0.25, 0.3) is 0 Å². The Morgan fingerprint density at radius 2 is 1.39 bits per heavy atom. The Bertz CT molecular complexity index is 825. The zero-order valence-corrected chi connectivity index (χ0v) is 15.7. The molecule has 0 saturated carbocycles. The maximum absolute atomic E-state index is 4.16. The van der Waals surface area contributed by atoms with E-state index in [1.807, 2.05) is 17.6 Å². The average molecular weight is 400 g/mol. The molecule has 0 aliphatic heterocycles. The molecule has 0 spiro atoms. The largest absolute Gasteiger partial charge is 0.245 e. The van der Waals surface area contributed by atoms with Crippen LogP contribution in [0, 0.1) is 0 Å². The van der Waals surface area contributed by atoms with E-state index in [1.54, 1.807) is 11.3 Å². The summed E-state index contributed by atoms with van der Waals surface area (Å²) in [6.45, 7) is 0. The van der Waals surface area contributed by atoms with Gasteiger partial charge < -0.3 is 0 Å². The number of rotatable bonds is 2. The quantitative estimate of drug-likeness (QED) is 0.412. The lowest BCUT2D eigenvalue weighted by atomic mass is 10.3. The summed E-state index contributed by atoms with van der Waals surface area (Å²) < 4.78 is 2.35. The van der Waals surface area contributed by atoms with Gasteiger partial charge in [-0.2, -0.15) is 0 Å². The van der Waals surface area contributed by atoms with Crippen molar-refractivity contribution in [3.63, 3.8) is 0 Å². The lowest BCUT2D eigenvalue weighted by Gasteiger charge is -2.00. The number of aromatic nitrogens is 1. The van der Waals surface area contributed by atoms with Gasteiger partial charge in [-0.1, -0.05) is 85.2 Å². The molecule has 0 bridgehead atoms. The molecule has 3 aromatic carbocycles. The summed E-state index contributed by atoms with van der Waals surface area (Å²) in [5, 5.41) is 2.79. The molecule has 114 valence electrons. The number of hydrogen-bond acceptors (Lipinski definition) is 2. The van der Waals surface area contributed by atoms with Gasteiger partial charge in [-0.25, -0.2) is 4.98 Å². The highest BCUT2D eigenvalue weighted by atomic mass is 79.9. The zero-order chi connectivity index (χ0) is 15.9. The smallest absolute Gasteiger partial charge is 0.0812 e. The maximum atomic E-state index is 4.16. The van der Waals surface area contributed by atoms with E-state index in [0.717, 1.165) is 18.6 Å². The number of thiazole rings is 1. The van der Waals surface area contributed by atoms with Crippen LogP contribution in [0.3, 0.4) is 0 Å². The van der Waals surface area contributed by atoms with Crippen molar-refractivity contribution in [3.8, 4) is 0 Å². The van der Waals surface area contributed by atoms with E-state index in [-0.39, 0.29) is 0 Å². The highest BCUT2D eigenvalue weighted by Crippen LogP contribution is 2.21. The molecule has 0 unspecified atom stereocenters. The molecule has 0 N–H and O–H groups in total. The van der Waals surface area contributed by atoms with Crippen molar-refractivity contribution in [2.24, 2.45) is 0 Å². The Hall–Kier alpha value is -1.54. The van der Waals surface area contributed by atoms with Crippen molar-refractivity contribution >= 4 is 56.7 Å². The van der Waals surface area contributed by atoms with Crippen LogP contribution in [0.15, 0.2) is 88.8 Å². The summed E-state index contributed by atoms with van der Waals surface area (Å²) in [6.07, 6.45) is 0. The molecule has 0 radical (unpaired) electrons. The molecule has 0 fully saturated rings. The minimum atomic E-state index is 0.777. The molecular weight excluding hydrogens is 385 g/mol. The second-order valence-electron chi connectivity index (χ2n) is 4.82. The number of nitrogens with zero attached hydrogens (tertiary/aromatic N) is 1. The summed E-state index contributed by atoms with van der Waals surface area (Å²) >= 11 is 5.06. The van der Waals surface area contributed by atoms with Gasteiger partial charge >= 0.3 is 0 Å². The normalized spacial score (nSPS) is 10.1. The van der Waals surface area contributed by atoms with Gasteiger partial charge in [-0.3, -0.25) is 0 Å². The van der Waals surface area contributed by atoms with Crippen LogP contribution in [-0.2, 0) is 0 Å². The molecule has 1 nitrogen and oxygen atoms in total. The van der Waals surface area contributed by atoms with Crippen LogP contribution in [0.1, 0.15) is 0 Å². The van der Waals surface area contributed by atoms with Crippen molar-refractivity contribution in [2.45, 2.75) is 0 Å². The Morgan fingerprint density at radius 1 is 0.783 bits per heavy atom. The van der Waals surface area contributed by atoms with Gasteiger partial charge in [0, 0.05) is 4.47 Å². The van der Waals surface area contributed by atoms with Crippen LogP contribution in [-0.4, -0.2) is 4.98 Å². The lowest BCUT2D eigenvalue weighted by molar-refractivity contribution is 1.50. The Kier molecular flexibility index (Phi) is 5.93. The fourth-order valence-corrected chi connectivity index (χ4v) is 4.32. The first-order valence-electron chi connectivity index (χ1n) is 7.17. The Morgan fingerprint density at radius 3 is 2.00 bits per heavy atom. The molecule has 0 amide bonds. The molecule has 4 aromatic rings. The van der Waals surface area contributed by atoms with Gasteiger partial charge in [-0.15, -0.1) is 11.3 Å². The van der Waals surface area contributed by atoms with Gasteiger partial charge in [0.1, 0.15) is 0 Å². The van der Waals surface area contributed by atoms with E-state index in [1.165, 1.54) is 15.3 Å². The third-order valence-electron chi connectivity index (χ3n) is 3.13. The standard InChI is InChI=1S/C12H11P.C7H4BrNS/c1-3-7-11(8-4-1)13-12-9-5-2-6-10-12;8-5-1-2-6-7(3-5)10-4-9-6/h1-10,13H;1-4H. The summed E-state index contributed by atoms with van der Waals surface area (Å²) in [5.41, 5.74) is 2.94. The second kappa shape index (κ2) is 8.35. The fourth-order valence-electron chi connectivity index (χ4n) is 2.04. The van der Waals surface area contributed by atoms with Crippen LogP contribution >= 0.6 is 35.8 Å². The van der Waals surface area contributed by atoms with Crippen molar-refractivity contribution in [1.29, 1.82) is 0 Å². The third kappa shape index (κ3) is 4.97. The molecule has 23 heavy (non-hydrogen) atoms. The minimum Gasteiger partial charge on any atom is -0.245 e. The SMILES string of the molecule is Brc1ccc2ncsc2c1.c1ccc(Pc2ccccc2)cc1. The first-order chi connectivity index (χ1) is 11.3. The highest BCUT2D eigenvalue weighted by Gasteiger charge is 1.94. The molecule has 4 heteroatoms. The molecule has 1 heterocycles. The molecule has 0 aliphatic rings. The van der Waals surface area contributed by atoms with Gasteiger partial charge in [0.05, 0.1) is 15.7 Å². The monoisotopic (exact) mass is 399 g/mol. The Balaban J connectivity index is 0.000000140. The number of benzene rings is 3. The van der Waals surface area contributed by atoms with Crippen molar-refractivity contribution in [3.05, 3.63) is 88.8 Å². The van der Waals surface area contributed by atoms with E-state index in [9.17, 15) is 0 Å². The zero-order valence-electron chi connectivity index (χ0n) is 12.3. The first kappa shape index (κ1) is 16.3. The van der Waals surface area contributed by atoms with Gasteiger partial charge in [0.15, 0.2) is 0 Å².